The Morgan fingerprint density at radius 2 is 2.21 bits per heavy atom. The largest absolute Gasteiger partial charge is 0.346 e. The average molecular weight is 201 g/mol. The molecule has 68 valence electrons. The lowest BCUT2D eigenvalue weighted by atomic mass is 10.2. The van der Waals surface area contributed by atoms with Gasteiger partial charge in [-0.1, -0.05) is 0 Å². The van der Waals surface area contributed by atoms with Gasteiger partial charge in [0.15, 0.2) is 0 Å². The van der Waals surface area contributed by atoms with E-state index in [1.165, 1.54) is 0 Å². The fourth-order valence-corrected chi connectivity index (χ4v) is 2.14. The molecule has 0 spiro atoms. The molecule has 0 aliphatic rings. The number of H-pyrrole nitrogens is 1. The third kappa shape index (κ3) is 1.04. The van der Waals surface area contributed by atoms with Crippen LogP contribution in [0.3, 0.4) is 0 Å². The molecule has 0 amide bonds. The molecule has 0 bridgehead atoms. The first-order chi connectivity index (χ1) is 6.95. The van der Waals surface area contributed by atoms with Crippen LogP contribution in [-0.4, -0.2) is 15.0 Å². The third-order valence-corrected chi connectivity index (χ3v) is 2.83. The van der Waals surface area contributed by atoms with E-state index >= 15 is 0 Å². The lowest BCUT2D eigenvalue weighted by molar-refractivity contribution is 1.20. The molecule has 0 unspecified atom stereocenters. The summed E-state index contributed by atoms with van der Waals surface area (Å²) in [7, 11) is 0. The second kappa shape index (κ2) is 2.92. The minimum absolute atomic E-state index is 0.890. The van der Waals surface area contributed by atoms with Gasteiger partial charge in [0, 0.05) is 22.5 Å². The van der Waals surface area contributed by atoms with Gasteiger partial charge in [-0.3, -0.25) is 0 Å². The Labute approximate surface area is 84.5 Å². The van der Waals surface area contributed by atoms with Gasteiger partial charge in [-0.05, 0) is 17.5 Å². The van der Waals surface area contributed by atoms with Gasteiger partial charge >= 0.3 is 0 Å². The molecule has 0 aromatic carbocycles. The highest BCUT2D eigenvalue weighted by Gasteiger charge is 2.06. The summed E-state index contributed by atoms with van der Waals surface area (Å²) in [5.41, 5.74) is 3.04. The van der Waals surface area contributed by atoms with E-state index in [-0.39, 0.29) is 0 Å². The van der Waals surface area contributed by atoms with Gasteiger partial charge in [0.1, 0.15) is 12.0 Å². The van der Waals surface area contributed by atoms with Crippen LogP contribution in [0.25, 0.3) is 22.3 Å². The maximum absolute atomic E-state index is 4.30. The monoisotopic (exact) mass is 201 g/mol. The summed E-state index contributed by atoms with van der Waals surface area (Å²) in [4.78, 5) is 11.5. The lowest BCUT2D eigenvalue weighted by Crippen LogP contribution is -1.84. The van der Waals surface area contributed by atoms with Gasteiger partial charge in [0.25, 0.3) is 0 Å². The quantitative estimate of drug-likeness (QED) is 0.657. The fraction of sp³-hybridized carbons (Fsp3) is 0. The van der Waals surface area contributed by atoms with Crippen molar-refractivity contribution >= 4 is 22.4 Å². The zero-order valence-corrected chi connectivity index (χ0v) is 8.08. The predicted octanol–water partition coefficient (Wildman–Crippen LogP) is 2.69. The van der Waals surface area contributed by atoms with Crippen molar-refractivity contribution in [2.45, 2.75) is 0 Å². The van der Waals surface area contributed by atoms with Crippen molar-refractivity contribution < 1.29 is 0 Å². The lowest BCUT2D eigenvalue weighted by Gasteiger charge is -1.97. The molecule has 0 saturated carbocycles. The van der Waals surface area contributed by atoms with Crippen molar-refractivity contribution in [3.8, 4) is 11.3 Å². The second-order valence-corrected chi connectivity index (χ2v) is 3.75. The molecule has 14 heavy (non-hydrogen) atoms. The van der Waals surface area contributed by atoms with E-state index in [1.54, 1.807) is 17.7 Å². The van der Waals surface area contributed by atoms with E-state index < -0.39 is 0 Å². The Balaban J connectivity index is 2.36. The summed E-state index contributed by atoms with van der Waals surface area (Å²) < 4.78 is 0. The molecule has 0 fully saturated rings. The molecule has 3 aromatic heterocycles. The molecule has 0 aliphatic carbocycles. The fourth-order valence-electron chi connectivity index (χ4n) is 1.50. The van der Waals surface area contributed by atoms with E-state index in [4.69, 9.17) is 0 Å². The van der Waals surface area contributed by atoms with Crippen molar-refractivity contribution in [1.82, 2.24) is 15.0 Å². The molecule has 3 aromatic rings. The van der Waals surface area contributed by atoms with E-state index in [0.717, 1.165) is 22.3 Å². The first-order valence-corrected chi connectivity index (χ1v) is 5.20. The summed E-state index contributed by atoms with van der Waals surface area (Å²) in [5, 5.41) is 5.22. The molecular weight excluding hydrogens is 194 g/mol. The van der Waals surface area contributed by atoms with Crippen LogP contribution in [0.5, 0.6) is 0 Å². The smallest absolute Gasteiger partial charge is 0.141 e. The number of hydrogen-bond acceptors (Lipinski definition) is 3. The van der Waals surface area contributed by atoms with Crippen molar-refractivity contribution in [2.75, 3.05) is 0 Å². The topological polar surface area (TPSA) is 41.6 Å². The number of nitrogens with zero attached hydrogens (tertiary/aromatic N) is 2. The maximum atomic E-state index is 4.30. The van der Waals surface area contributed by atoms with Gasteiger partial charge in [-0.15, -0.1) is 0 Å². The van der Waals surface area contributed by atoms with E-state index in [1.807, 2.05) is 12.3 Å². The van der Waals surface area contributed by atoms with Crippen LogP contribution in [-0.2, 0) is 0 Å². The van der Waals surface area contributed by atoms with Gasteiger partial charge in [0.2, 0.25) is 0 Å². The number of aromatic amines is 1. The van der Waals surface area contributed by atoms with Crippen LogP contribution in [0.15, 0.2) is 35.4 Å². The maximum Gasteiger partial charge on any atom is 0.141 e. The Morgan fingerprint density at radius 3 is 3.07 bits per heavy atom. The van der Waals surface area contributed by atoms with E-state index in [0.29, 0.717) is 0 Å². The summed E-state index contributed by atoms with van der Waals surface area (Å²) in [6, 6.07) is 4.07. The minimum atomic E-state index is 0.890. The van der Waals surface area contributed by atoms with Crippen LogP contribution >= 0.6 is 11.3 Å². The first-order valence-electron chi connectivity index (χ1n) is 4.26. The number of thiophene rings is 1. The highest BCUT2D eigenvalue weighted by atomic mass is 32.1. The van der Waals surface area contributed by atoms with Crippen molar-refractivity contribution in [3.05, 3.63) is 35.4 Å². The average Bonchev–Trinajstić information content (AvgIpc) is 2.88. The number of aromatic nitrogens is 3. The predicted molar refractivity (Wildman–Crippen MR) is 57.2 cm³/mol. The summed E-state index contributed by atoms with van der Waals surface area (Å²) in [5.74, 6) is 0. The molecule has 0 radical (unpaired) electrons. The molecular formula is C10H7N3S. The summed E-state index contributed by atoms with van der Waals surface area (Å²) >= 11 is 1.67. The molecule has 0 aliphatic heterocycles. The standard InChI is InChI=1S/C10H7N3S/c1-3-11-10-8(1)9(12-6-13-10)7-2-4-14-5-7/h1-6H,(H,11,12,13). The van der Waals surface area contributed by atoms with Gasteiger partial charge < -0.3 is 4.98 Å². The highest BCUT2D eigenvalue weighted by Crippen LogP contribution is 2.25. The van der Waals surface area contributed by atoms with Crippen LogP contribution in [0.2, 0.25) is 0 Å². The molecule has 0 saturated heterocycles. The van der Waals surface area contributed by atoms with Crippen molar-refractivity contribution in [1.29, 1.82) is 0 Å². The SMILES string of the molecule is c1nc(-c2ccsc2)c2cc[nH]c2n1. The zero-order chi connectivity index (χ0) is 9.38. The Bertz CT molecular complexity index is 554. The second-order valence-electron chi connectivity index (χ2n) is 2.97. The van der Waals surface area contributed by atoms with Crippen LogP contribution in [0.4, 0.5) is 0 Å². The van der Waals surface area contributed by atoms with Crippen LogP contribution < -0.4 is 0 Å². The number of rotatable bonds is 1. The van der Waals surface area contributed by atoms with Gasteiger partial charge in [0.05, 0.1) is 5.69 Å². The van der Waals surface area contributed by atoms with Gasteiger partial charge in [-0.2, -0.15) is 11.3 Å². The van der Waals surface area contributed by atoms with E-state index in [2.05, 4.69) is 31.8 Å². The zero-order valence-electron chi connectivity index (χ0n) is 7.27. The Morgan fingerprint density at radius 1 is 1.21 bits per heavy atom. The normalized spacial score (nSPS) is 10.9. The molecule has 4 heteroatoms. The molecule has 0 atom stereocenters. The Hall–Kier alpha value is -1.68. The molecule has 3 heterocycles. The number of fused-ring (bicyclic) bond motifs is 1. The molecule has 3 nitrogen and oxygen atoms in total. The summed E-state index contributed by atoms with van der Waals surface area (Å²) in [6.07, 6.45) is 3.47. The summed E-state index contributed by atoms with van der Waals surface area (Å²) in [6.45, 7) is 0. The third-order valence-electron chi connectivity index (χ3n) is 2.15. The van der Waals surface area contributed by atoms with E-state index in [9.17, 15) is 0 Å². The van der Waals surface area contributed by atoms with Crippen LogP contribution in [0.1, 0.15) is 0 Å². The Kier molecular flexibility index (Phi) is 1.61. The number of hydrogen-bond donors (Lipinski definition) is 1. The van der Waals surface area contributed by atoms with Crippen molar-refractivity contribution in [2.24, 2.45) is 0 Å². The van der Waals surface area contributed by atoms with Crippen molar-refractivity contribution in [3.63, 3.8) is 0 Å². The number of nitrogens with one attached hydrogen (secondary N) is 1. The van der Waals surface area contributed by atoms with Gasteiger partial charge in [-0.25, -0.2) is 9.97 Å². The molecule has 3 rings (SSSR count). The highest BCUT2D eigenvalue weighted by molar-refractivity contribution is 7.08. The van der Waals surface area contributed by atoms with Crippen LogP contribution in [0, 0.1) is 0 Å². The first kappa shape index (κ1) is 7.70. The molecule has 1 N–H and O–H groups in total. The minimum Gasteiger partial charge on any atom is -0.346 e.